The van der Waals surface area contributed by atoms with Gasteiger partial charge in [0, 0.05) is 17.5 Å². The average Bonchev–Trinajstić information content (AvgIpc) is 2.47. The van der Waals surface area contributed by atoms with E-state index in [-0.39, 0.29) is 22.3 Å². The van der Waals surface area contributed by atoms with Crippen molar-refractivity contribution < 1.29 is 4.92 Å². The van der Waals surface area contributed by atoms with Crippen LogP contribution >= 0.6 is 0 Å². The highest BCUT2D eigenvalue weighted by atomic mass is 16.6. The molecule has 2 saturated heterocycles. The molecule has 2 heterocycles. The van der Waals surface area contributed by atoms with Gasteiger partial charge in [0.15, 0.2) is 0 Å². The van der Waals surface area contributed by atoms with E-state index in [0.717, 1.165) is 31.4 Å². The lowest BCUT2D eigenvalue weighted by Crippen LogP contribution is -2.64. The lowest BCUT2D eigenvalue weighted by molar-refractivity contribution is -0.544. The number of piperidine rings is 2. The zero-order valence-corrected chi connectivity index (χ0v) is 13.7. The molecule has 2 fully saturated rings. The monoisotopic (exact) mass is 302 g/mol. The molecule has 0 N–H and O–H groups in total. The molecule has 0 aromatic heterocycles. The van der Waals surface area contributed by atoms with Crippen LogP contribution in [0.15, 0.2) is 30.3 Å². The number of rotatable bonds is 2. The normalized spacial score (nSPS) is 34.9. The van der Waals surface area contributed by atoms with Gasteiger partial charge in [-0.15, -0.1) is 0 Å². The fraction of sp³-hybridized carbons (Fsp3) is 0.667. The standard InChI is InChI=1S/C18H26N2O2/c1-13-8-7-11-15-17(20(21)22)16(14-9-5-4-6-10-14)18(2,3)12-19(13)15/h4-6,9-10,13,15-17H,7-8,11-12H2,1-3H3. The molecule has 0 amide bonds. The fourth-order valence-corrected chi connectivity index (χ4v) is 4.75. The Kier molecular flexibility index (Phi) is 3.98. The van der Waals surface area contributed by atoms with Crippen molar-refractivity contribution in [1.82, 2.24) is 4.90 Å². The zero-order chi connectivity index (χ0) is 15.9. The van der Waals surface area contributed by atoms with Gasteiger partial charge in [-0.05, 0) is 30.7 Å². The molecule has 22 heavy (non-hydrogen) atoms. The van der Waals surface area contributed by atoms with Crippen LogP contribution in [-0.2, 0) is 0 Å². The number of nitrogens with zero attached hydrogens (tertiary/aromatic N) is 2. The zero-order valence-electron chi connectivity index (χ0n) is 13.7. The summed E-state index contributed by atoms with van der Waals surface area (Å²) in [4.78, 5) is 14.4. The summed E-state index contributed by atoms with van der Waals surface area (Å²) >= 11 is 0. The number of hydrogen-bond acceptors (Lipinski definition) is 3. The molecule has 4 atom stereocenters. The third-order valence-electron chi connectivity index (χ3n) is 5.68. The highest BCUT2D eigenvalue weighted by Gasteiger charge is 2.55. The van der Waals surface area contributed by atoms with Gasteiger partial charge in [-0.2, -0.15) is 0 Å². The Bertz CT molecular complexity index is 543. The Balaban J connectivity index is 2.05. The third kappa shape index (κ3) is 2.54. The first-order valence-corrected chi connectivity index (χ1v) is 8.36. The summed E-state index contributed by atoms with van der Waals surface area (Å²) in [5.74, 6) is -0.0183. The van der Waals surface area contributed by atoms with Crippen LogP contribution in [0.4, 0.5) is 0 Å². The summed E-state index contributed by atoms with van der Waals surface area (Å²) < 4.78 is 0. The summed E-state index contributed by atoms with van der Waals surface area (Å²) in [7, 11) is 0. The number of nitro groups is 1. The van der Waals surface area contributed by atoms with Crippen LogP contribution in [0.2, 0.25) is 0 Å². The van der Waals surface area contributed by atoms with Gasteiger partial charge in [-0.1, -0.05) is 50.6 Å². The van der Waals surface area contributed by atoms with Crippen LogP contribution in [0, 0.1) is 15.5 Å². The van der Waals surface area contributed by atoms with Crippen molar-refractivity contribution >= 4 is 0 Å². The third-order valence-corrected chi connectivity index (χ3v) is 5.68. The predicted octanol–water partition coefficient (Wildman–Crippen LogP) is 3.70. The Morgan fingerprint density at radius 2 is 1.91 bits per heavy atom. The largest absolute Gasteiger partial charge is 0.291 e. The Morgan fingerprint density at radius 1 is 1.23 bits per heavy atom. The van der Waals surface area contributed by atoms with Crippen molar-refractivity contribution in [3.63, 3.8) is 0 Å². The van der Waals surface area contributed by atoms with Gasteiger partial charge < -0.3 is 0 Å². The van der Waals surface area contributed by atoms with Crippen molar-refractivity contribution in [2.45, 2.75) is 64.1 Å². The van der Waals surface area contributed by atoms with E-state index in [2.05, 4.69) is 37.8 Å². The number of hydrogen-bond donors (Lipinski definition) is 0. The van der Waals surface area contributed by atoms with Crippen LogP contribution in [0.25, 0.3) is 0 Å². The Morgan fingerprint density at radius 3 is 2.55 bits per heavy atom. The molecule has 3 rings (SSSR count). The van der Waals surface area contributed by atoms with Crippen LogP contribution in [0.3, 0.4) is 0 Å². The molecule has 120 valence electrons. The van der Waals surface area contributed by atoms with E-state index in [1.54, 1.807) is 0 Å². The molecule has 2 aliphatic heterocycles. The maximum absolute atomic E-state index is 12.0. The van der Waals surface area contributed by atoms with Gasteiger partial charge in [0.2, 0.25) is 6.04 Å². The van der Waals surface area contributed by atoms with E-state index in [1.165, 1.54) is 0 Å². The molecule has 0 bridgehead atoms. The summed E-state index contributed by atoms with van der Waals surface area (Å²) in [6.07, 6.45) is 3.22. The van der Waals surface area contributed by atoms with Gasteiger partial charge in [-0.3, -0.25) is 15.0 Å². The van der Waals surface area contributed by atoms with E-state index in [9.17, 15) is 10.1 Å². The van der Waals surface area contributed by atoms with Gasteiger partial charge in [0.1, 0.15) is 0 Å². The summed E-state index contributed by atoms with van der Waals surface area (Å²) in [6, 6.07) is 10.1. The molecule has 1 aromatic carbocycles. The molecule has 1 aromatic rings. The molecule has 2 aliphatic rings. The maximum atomic E-state index is 12.0. The average molecular weight is 302 g/mol. The van der Waals surface area contributed by atoms with Crippen molar-refractivity contribution in [3.8, 4) is 0 Å². The summed E-state index contributed by atoms with van der Waals surface area (Å²) in [5, 5.41) is 12.0. The summed E-state index contributed by atoms with van der Waals surface area (Å²) in [5.41, 5.74) is 1.02. The topological polar surface area (TPSA) is 46.4 Å². The SMILES string of the molecule is CC1CCCC2C([N+](=O)[O-])C(c3ccccc3)C(C)(C)CN12. The molecule has 4 nitrogen and oxygen atoms in total. The van der Waals surface area contributed by atoms with Crippen molar-refractivity contribution in [3.05, 3.63) is 46.0 Å². The Hall–Kier alpha value is -1.42. The molecule has 0 aliphatic carbocycles. The van der Waals surface area contributed by atoms with Crippen LogP contribution in [0.5, 0.6) is 0 Å². The van der Waals surface area contributed by atoms with E-state index in [0.29, 0.717) is 6.04 Å². The fourth-order valence-electron chi connectivity index (χ4n) is 4.75. The van der Waals surface area contributed by atoms with Crippen molar-refractivity contribution in [2.24, 2.45) is 5.41 Å². The first kappa shape index (κ1) is 15.5. The highest BCUT2D eigenvalue weighted by Crippen LogP contribution is 2.48. The smallest absolute Gasteiger partial charge is 0.235 e. The minimum absolute atomic E-state index is 0.00567. The minimum Gasteiger partial charge on any atom is -0.291 e. The van der Waals surface area contributed by atoms with E-state index in [1.807, 2.05) is 18.2 Å². The molecule has 0 spiro atoms. The first-order chi connectivity index (χ1) is 10.4. The van der Waals surface area contributed by atoms with E-state index in [4.69, 9.17) is 0 Å². The second kappa shape index (κ2) is 5.65. The molecule has 4 heteroatoms. The van der Waals surface area contributed by atoms with E-state index >= 15 is 0 Å². The van der Waals surface area contributed by atoms with Gasteiger partial charge in [0.05, 0.1) is 12.0 Å². The summed E-state index contributed by atoms with van der Waals surface area (Å²) in [6.45, 7) is 7.56. The first-order valence-electron chi connectivity index (χ1n) is 8.36. The molecule has 4 unspecified atom stereocenters. The lowest BCUT2D eigenvalue weighted by Gasteiger charge is -2.53. The number of fused-ring (bicyclic) bond motifs is 1. The predicted molar refractivity (Wildman–Crippen MR) is 87.6 cm³/mol. The van der Waals surface area contributed by atoms with Crippen LogP contribution in [0.1, 0.15) is 51.5 Å². The van der Waals surface area contributed by atoms with Crippen LogP contribution in [-0.4, -0.2) is 34.5 Å². The second-order valence-electron chi connectivity index (χ2n) is 7.67. The molecule has 0 saturated carbocycles. The quantitative estimate of drug-likeness (QED) is 0.618. The lowest BCUT2D eigenvalue weighted by atomic mass is 9.64. The minimum atomic E-state index is -0.506. The maximum Gasteiger partial charge on any atom is 0.235 e. The highest BCUT2D eigenvalue weighted by molar-refractivity contribution is 5.26. The Labute approximate surface area is 132 Å². The van der Waals surface area contributed by atoms with E-state index < -0.39 is 6.04 Å². The molecular weight excluding hydrogens is 276 g/mol. The van der Waals surface area contributed by atoms with Gasteiger partial charge in [0.25, 0.3) is 0 Å². The van der Waals surface area contributed by atoms with Crippen molar-refractivity contribution in [1.29, 1.82) is 0 Å². The molecular formula is C18H26N2O2. The molecule has 0 radical (unpaired) electrons. The van der Waals surface area contributed by atoms with Gasteiger partial charge in [-0.25, -0.2) is 0 Å². The van der Waals surface area contributed by atoms with Crippen LogP contribution < -0.4 is 0 Å². The number of benzene rings is 1. The van der Waals surface area contributed by atoms with Crippen molar-refractivity contribution in [2.75, 3.05) is 6.54 Å². The van der Waals surface area contributed by atoms with Gasteiger partial charge >= 0.3 is 0 Å². The second-order valence-corrected chi connectivity index (χ2v) is 7.67.